The number of halogens is 2. The number of rotatable bonds is 10. The Bertz CT molecular complexity index is 980. The highest BCUT2D eigenvalue weighted by atomic mass is 35.5. The van der Waals surface area contributed by atoms with Crippen LogP contribution in [0, 0.1) is 5.82 Å². The third-order valence-electron chi connectivity index (χ3n) is 4.71. The second-order valence-corrected chi connectivity index (χ2v) is 7.13. The van der Waals surface area contributed by atoms with Crippen molar-refractivity contribution in [2.75, 3.05) is 20.8 Å². The molecule has 158 valence electrons. The first-order chi connectivity index (χ1) is 14.6. The van der Waals surface area contributed by atoms with Gasteiger partial charge in [0.05, 0.1) is 19.2 Å². The lowest BCUT2D eigenvalue weighted by Gasteiger charge is -2.15. The summed E-state index contributed by atoms with van der Waals surface area (Å²) in [5, 5.41) is 3.83. The summed E-state index contributed by atoms with van der Waals surface area (Å²) in [4.78, 5) is 0. The number of hydrogen-bond donors (Lipinski definition) is 1. The Kier molecular flexibility index (Phi) is 7.94. The maximum atomic E-state index is 13.8. The molecule has 0 saturated heterocycles. The molecule has 0 aliphatic rings. The molecule has 0 unspecified atom stereocenters. The summed E-state index contributed by atoms with van der Waals surface area (Å²) in [5.41, 5.74) is 2.58. The number of benzene rings is 3. The van der Waals surface area contributed by atoms with E-state index in [9.17, 15) is 4.39 Å². The highest BCUT2D eigenvalue weighted by Gasteiger charge is 2.13. The van der Waals surface area contributed by atoms with Crippen LogP contribution in [0.2, 0.25) is 5.02 Å². The van der Waals surface area contributed by atoms with Crippen LogP contribution in [0.5, 0.6) is 17.2 Å². The van der Waals surface area contributed by atoms with E-state index in [1.54, 1.807) is 32.4 Å². The van der Waals surface area contributed by atoms with Crippen LogP contribution in [-0.2, 0) is 19.6 Å². The zero-order valence-corrected chi connectivity index (χ0v) is 17.8. The third kappa shape index (κ3) is 5.65. The van der Waals surface area contributed by atoms with Gasteiger partial charge in [0.2, 0.25) is 0 Å². The summed E-state index contributed by atoms with van der Waals surface area (Å²) in [7, 11) is 3.23. The lowest BCUT2D eigenvalue weighted by atomic mass is 10.1. The van der Waals surface area contributed by atoms with Crippen molar-refractivity contribution in [3.63, 3.8) is 0 Å². The van der Waals surface area contributed by atoms with Gasteiger partial charge in [-0.25, -0.2) is 4.39 Å². The molecule has 0 aliphatic heterocycles. The predicted molar refractivity (Wildman–Crippen MR) is 117 cm³/mol. The Morgan fingerprint density at radius 1 is 0.900 bits per heavy atom. The third-order valence-corrected chi connectivity index (χ3v) is 4.99. The average molecular weight is 430 g/mol. The van der Waals surface area contributed by atoms with Gasteiger partial charge in [-0.15, -0.1) is 0 Å². The molecule has 4 nitrogen and oxygen atoms in total. The molecular formula is C24H25ClFNO3. The number of methoxy groups -OCH3 is 2. The molecule has 0 heterocycles. The fraction of sp³-hybridized carbons (Fsp3) is 0.250. The highest BCUT2D eigenvalue weighted by molar-refractivity contribution is 6.32. The smallest absolute Gasteiger partial charge is 0.180 e. The zero-order valence-electron chi connectivity index (χ0n) is 17.1. The van der Waals surface area contributed by atoms with E-state index in [0.29, 0.717) is 28.6 Å². The van der Waals surface area contributed by atoms with Gasteiger partial charge in [0.15, 0.2) is 11.5 Å². The number of nitrogens with one attached hydrogen (secondary N) is 1. The summed E-state index contributed by atoms with van der Waals surface area (Å²) in [5.74, 6) is 1.49. The fourth-order valence-corrected chi connectivity index (χ4v) is 3.43. The average Bonchev–Trinajstić information content (AvgIpc) is 2.77. The van der Waals surface area contributed by atoms with Crippen LogP contribution >= 0.6 is 11.6 Å². The maximum absolute atomic E-state index is 13.8. The van der Waals surface area contributed by atoms with Crippen LogP contribution in [0.4, 0.5) is 4.39 Å². The van der Waals surface area contributed by atoms with E-state index >= 15 is 0 Å². The van der Waals surface area contributed by atoms with Gasteiger partial charge in [-0.3, -0.25) is 0 Å². The van der Waals surface area contributed by atoms with Crippen molar-refractivity contribution in [2.45, 2.75) is 19.6 Å². The Balaban J connectivity index is 1.60. The van der Waals surface area contributed by atoms with E-state index in [4.69, 9.17) is 25.8 Å². The molecule has 6 heteroatoms. The van der Waals surface area contributed by atoms with E-state index < -0.39 is 0 Å². The Morgan fingerprint density at radius 3 is 2.33 bits per heavy atom. The van der Waals surface area contributed by atoms with Crippen molar-refractivity contribution in [1.29, 1.82) is 0 Å². The first kappa shape index (κ1) is 21.9. The minimum absolute atomic E-state index is 0.0687. The molecule has 0 amide bonds. The monoisotopic (exact) mass is 429 g/mol. The summed E-state index contributed by atoms with van der Waals surface area (Å²) in [6.45, 7) is 1.48. The van der Waals surface area contributed by atoms with Gasteiger partial charge >= 0.3 is 0 Å². The predicted octanol–water partition coefficient (Wildman–Crippen LogP) is 5.41. The first-order valence-electron chi connectivity index (χ1n) is 9.67. The minimum atomic E-state index is -0.316. The van der Waals surface area contributed by atoms with Crippen LogP contribution in [0.25, 0.3) is 0 Å². The zero-order chi connectivity index (χ0) is 21.3. The van der Waals surface area contributed by atoms with Gasteiger partial charge in [0.25, 0.3) is 0 Å². The largest absolute Gasteiger partial charge is 0.496 e. The van der Waals surface area contributed by atoms with Gasteiger partial charge < -0.3 is 19.5 Å². The number of para-hydroxylation sites is 1. The van der Waals surface area contributed by atoms with E-state index in [0.717, 1.165) is 29.8 Å². The van der Waals surface area contributed by atoms with E-state index in [1.807, 2.05) is 30.3 Å². The standard InChI is InChI=1S/C24H25ClFNO3/c1-28-22-10-6-4-7-18(22)11-12-27-15-17-13-20(25)24(23(14-17)29-2)30-16-19-8-3-5-9-21(19)26/h3-10,13-14,27H,11-12,15-16H2,1-2H3. The van der Waals surface area contributed by atoms with Gasteiger partial charge in [-0.05, 0) is 48.4 Å². The molecule has 1 N–H and O–H groups in total. The molecular weight excluding hydrogens is 405 g/mol. The molecule has 0 aromatic heterocycles. The molecule has 30 heavy (non-hydrogen) atoms. The molecule has 3 rings (SSSR count). The van der Waals surface area contributed by atoms with Gasteiger partial charge in [0.1, 0.15) is 18.2 Å². The molecule has 0 spiro atoms. The van der Waals surface area contributed by atoms with Crippen LogP contribution in [0.1, 0.15) is 16.7 Å². The highest BCUT2D eigenvalue weighted by Crippen LogP contribution is 2.37. The van der Waals surface area contributed by atoms with Crippen molar-refractivity contribution < 1.29 is 18.6 Å². The van der Waals surface area contributed by atoms with E-state index in [2.05, 4.69) is 11.4 Å². The quantitative estimate of drug-likeness (QED) is 0.437. The van der Waals surface area contributed by atoms with Crippen molar-refractivity contribution in [3.8, 4) is 17.2 Å². The Morgan fingerprint density at radius 2 is 1.60 bits per heavy atom. The van der Waals surface area contributed by atoms with Gasteiger partial charge in [-0.2, -0.15) is 0 Å². The SMILES string of the molecule is COc1ccccc1CCNCc1cc(Cl)c(OCc2ccccc2F)c(OC)c1. The van der Waals surface area contributed by atoms with Crippen LogP contribution in [0.3, 0.4) is 0 Å². The summed E-state index contributed by atoms with van der Waals surface area (Å²) in [6, 6.07) is 18.2. The fourth-order valence-electron chi connectivity index (χ4n) is 3.15. The molecule has 0 radical (unpaired) electrons. The molecule has 0 saturated carbocycles. The molecule has 0 fully saturated rings. The molecule has 0 bridgehead atoms. The van der Waals surface area contributed by atoms with Crippen molar-refractivity contribution in [2.24, 2.45) is 0 Å². The van der Waals surface area contributed by atoms with Crippen LogP contribution in [-0.4, -0.2) is 20.8 Å². The Hall–Kier alpha value is -2.76. The van der Waals surface area contributed by atoms with Gasteiger partial charge in [-0.1, -0.05) is 48.0 Å². The molecule has 0 atom stereocenters. The second kappa shape index (κ2) is 10.9. The minimum Gasteiger partial charge on any atom is -0.496 e. The molecule has 3 aromatic rings. The lowest BCUT2D eigenvalue weighted by Crippen LogP contribution is -2.17. The normalized spacial score (nSPS) is 10.7. The van der Waals surface area contributed by atoms with Crippen molar-refractivity contribution in [3.05, 3.63) is 88.2 Å². The summed E-state index contributed by atoms with van der Waals surface area (Å²) < 4.78 is 30.4. The van der Waals surface area contributed by atoms with Gasteiger partial charge in [0, 0.05) is 12.1 Å². The second-order valence-electron chi connectivity index (χ2n) is 6.73. The van der Waals surface area contributed by atoms with Crippen molar-refractivity contribution in [1.82, 2.24) is 5.32 Å². The van der Waals surface area contributed by atoms with E-state index in [-0.39, 0.29) is 12.4 Å². The molecule has 0 aliphatic carbocycles. The lowest BCUT2D eigenvalue weighted by molar-refractivity contribution is 0.279. The van der Waals surface area contributed by atoms with Crippen LogP contribution < -0.4 is 19.5 Å². The first-order valence-corrected chi connectivity index (χ1v) is 10.1. The van der Waals surface area contributed by atoms with Crippen molar-refractivity contribution >= 4 is 11.6 Å². The number of hydrogen-bond acceptors (Lipinski definition) is 4. The molecule has 3 aromatic carbocycles. The summed E-state index contributed by atoms with van der Waals surface area (Å²) >= 11 is 6.42. The maximum Gasteiger partial charge on any atom is 0.180 e. The topological polar surface area (TPSA) is 39.7 Å². The Labute approximate surface area is 181 Å². The van der Waals surface area contributed by atoms with E-state index in [1.165, 1.54) is 6.07 Å². The summed E-state index contributed by atoms with van der Waals surface area (Å²) in [6.07, 6.45) is 0.846. The van der Waals surface area contributed by atoms with Crippen LogP contribution in [0.15, 0.2) is 60.7 Å². The number of ether oxygens (including phenoxy) is 3.